The Morgan fingerprint density at radius 2 is 2.39 bits per heavy atom. The Morgan fingerprint density at radius 1 is 1.61 bits per heavy atom. The van der Waals surface area contributed by atoms with E-state index in [4.69, 9.17) is 4.74 Å². The van der Waals surface area contributed by atoms with Crippen molar-refractivity contribution in [2.75, 3.05) is 13.2 Å². The van der Waals surface area contributed by atoms with Crippen LogP contribution in [-0.4, -0.2) is 30.3 Å². The molecule has 1 aromatic carbocycles. The monoisotopic (exact) mass is 313 g/mol. The average molecular weight is 314 g/mol. The number of hydrogen-bond donors (Lipinski definition) is 2. The van der Waals surface area contributed by atoms with Crippen molar-refractivity contribution >= 4 is 21.8 Å². The third kappa shape index (κ3) is 3.03. The van der Waals surface area contributed by atoms with E-state index in [1.165, 1.54) is 6.07 Å². The molecule has 1 amide bonds. The molecule has 0 aromatic heterocycles. The molecule has 1 fully saturated rings. The van der Waals surface area contributed by atoms with Crippen LogP contribution in [0.4, 0.5) is 0 Å². The average Bonchev–Trinajstić information content (AvgIpc) is 2.72. The number of rotatable bonds is 3. The Bertz CT molecular complexity index is 450. The Morgan fingerprint density at radius 3 is 3.00 bits per heavy atom. The molecule has 1 aliphatic heterocycles. The minimum Gasteiger partial charge on any atom is -0.507 e. The van der Waals surface area contributed by atoms with Crippen LogP contribution in [-0.2, 0) is 4.74 Å². The van der Waals surface area contributed by atoms with Crippen LogP contribution in [0.25, 0.3) is 0 Å². The van der Waals surface area contributed by atoms with Gasteiger partial charge in [0.25, 0.3) is 5.91 Å². The second-order valence-corrected chi connectivity index (χ2v) is 5.41. The first-order valence-corrected chi connectivity index (χ1v) is 6.75. The van der Waals surface area contributed by atoms with Gasteiger partial charge in [-0.3, -0.25) is 4.79 Å². The zero-order chi connectivity index (χ0) is 13.1. The Labute approximate surface area is 114 Å². The van der Waals surface area contributed by atoms with Crippen molar-refractivity contribution in [2.24, 2.45) is 5.92 Å². The molecule has 0 aliphatic carbocycles. The maximum absolute atomic E-state index is 11.9. The van der Waals surface area contributed by atoms with E-state index in [-0.39, 0.29) is 17.8 Å². The van der Waals surface area contributed by atoms with E-state index in [0.29, 0.717) is 18.0 Å². The molecule has 5 heteroatoms. The number of aromatic hydroxyl groups is 1. The third-order valence-corrected chi connectivity index (χ3v) is 3.76. The molecule has 2 unspecified atom stereocenters. The number of phenols is 1. The van der Waals surface area contributed by atoms with Gasteiger partial charge in [-0.1, -0.05) is 15.9 Å². The summed E-state index contributed by atoms with van der Waals surface area (Å²) >= 11 is 3.24. The number of phenolic OH excluding ortho intramolecular Hbond substituents is 1. The van der Waals surface area contributed by atoms with Gasteiger partial charge in [0.1, 0.15) is 5.75 Å². The van der Waals surface area contributed by atoms with Crippen molar-refractivity contribution in [3.05, 3.63) is 28.2 Å². The highest BCUT2D eigenvalue weighted by atomic mass is 79.9. The van der Waals surface area contributed by atoms with E-state index in [2.05, 4.69) is 21.2 Å². The first kappa shape index (κ1) is 13.4. The lowest BCUT2D eigenvalue weighted by molar-refractivity contribution is 0.0905. The van der Waals surface area contributed by atoms with Crippen molar-refractivity contribution in [2.45, 2.75) is 19.4 Å². The molecule has 4 nitrogen and oxygen atoms in total. The van der Waals surface area contributed by atoms with Gasteiger partial charge in [0.2, 0.25) is 0 Å². The zero-order valence-electron chi connectivity index (χ0n) is 10.1. The summed E-state index contributed by atoms with van der Waals surface area (Å²) in [5.74, 6) is 0.0863. The molecule has 2 atom stereocenters. The Hall–Kier alpha value is -1.07. The first-order chi connectivity index (χ1) is 8.58. The SMILES string of the molecule is CC1OCCC1CNC(=O)c1ccc(Br)cc1O. The van der Waals surface area contributed by atoms with Gasteiger partial charge in [0, 0.05) is 23.5 Å². The van der Waals surface area contributed by atoms with Crippen LogP contribution in [0.2, 0.25) is 0 Å². The van der Waals surface area contributed by atoms with E-state index in [0.717, 1.165) is 17.5 Å². The highest BCUT2D eigenvalue weighted by Gasteiger charge is 2.24. The molecular weight excluding hydrogens is 298 g/mol. The number of hydrogen-bond acceptors (Lipinski definition) is 3. The number of carbonyl (C=O) groups is 1. The number of carbonyl (C=O) groups excluding carboxylic acids is 1. The lowest BCUT2D eigenvalue weighted by Gasteiger charge is -2.15. The lowest BCUT2D eigenvalue weighted by Crippen LogP contribution is -2.31. The number of benzene rings is 1. The molecule has 0 spiro atoms. The Kier molecular flexibility index (Phi) is 4.24. The zero-order valence-corrected chi connectivity index (χ0v) is 11.7. The van der Waals surface area contributed by atoms with Gasteiger partial charge >= 0.3 is 0 Å². The minimum absolute atomic E-state index is 0.0161. The molecular formula is C13H16BrNO3. The maximum Gasteiger partial charge on any atom is 0.255 e. The number of halogens is 1. The molecule has 0 radical (unpaired) electrons. The van der Waals surface area contributed by atoms with Crippen LogP contribution in [0.3, 0.4) is 0 Å². The summed E-state index contributed by atoms with van der Waals surface area (Å²) in [4.78, 5) is 11.9. The quantitative estimate of drug-likeness (QED) is 0.900. The molecule has 1 saturated heterocycles. The topological polar surface area (TPSA) is 58.6 Å². The van der Waals surface area contributed by atoms with Crippen LogP contribution in [0.1, 0.15) is 23.7 Å². The van der Waals surface area contributed by atoms with Crippen molar-refractivity contribution < 1.29 is 14.6 Å². The van der Waals surface area contributed by atoms with E-state index in [1.807, 2.05) is 6.92 Å². The summed E-state index contributed by atoms with van der Waals surface area (Å²) in [6.45, 7) is 3.35. The fourth-order valence-corrected chi connectivity index (χ4v) is 2.41. The van der Waals surface area contributed by atoms with Gasteiger partial charge in [0.05, 0.1) is 11.7 Å². The van der Waals surface area contributed by atoms with Gasteiger partial charge in [0.15, 0.2) is 0 Å². The van der Waals surface area contributed by atoms with E-state index in [9.17, 15) is 9.90 Å². The van der Waals surface area contributed by atoms with Crippen LogP contribution in [0, 0.1) is 5.92 Å². The van der Waals surface area contributed by atoms with E-state index >= 15 is 0 Å². The second kappa shape index (κ2) is 5.71. The molecule has 1 aliphatic rings. The summed E-state index contributed by atoms with van der Waals surface area (Å²) in [7, 11) is 0. The third-order valence-electron chi connectivity index (χ3n) is 3.26. The largest absolute Gasteiger partial charge is 0.507 e. The number of amides is 1. The second-order valence-electron chi connectivity index (χ2n) is 4.50. The molecule has 1 aromatic rings. The maximum atomic E-state index is 11.9. The van der Waals surface area contributed by atoms with Crippen molar-refractivity contribution in [1.29, 1.82) is 0 Å². The molecule has 2 rings (SSSR count). The van der Waals surface area contributed by atoms with Gasteiger partial charge in [-0.05, 0) is 31.5 Å². The van der Waals surface area contributed by atoms with E-state index < -0.39 is 0 Å². The smallest absolute Gasteiger partial charge is 0.255 e. The van der Waals surface area contributed by atoms with Gasteiger partial charge in [-0.15, -0.1) is 0 Å². The molecule has 0 saturated carbocycles. The summed E-state index contributed by atoms with van der Waals surface area (Å²) < 4.78 is 6.18. The van der Waals surface area contributed by atoms with Crippen molar-refractivity contribution in [3.63, 3.8) is 0 Å². The van der Waals surface area contributed by atoms with E-state index in [1.54, 1.807) is 12.1 Å². The Balaban J connectivity index is 1.95. The summed E-state index contributed by atoms with van der Waals surface area (Å²) in [5, 5.41) is 12.5. The van der Waals surface area contributed by atoms with Crippen LogP contribution < -0.4 is 5.32 Å². The summed E-state index contributed by atoms with van der Waals surface area (Å²) in [6.07, 6.45) is 1.15. The van der Waals surface area contributed by atoms with Crippen LogP contribution >= 0.6 is 15.9 Å². The highest BCUT2D eigenvalue weighted by molar-refractivity contribution is 9.10. The molecule has 2 N–H and O–H groups in total. The normalized spacial score (nSPS) is 23.0. The first-order valence-electron chi connectivity index (χ1n) is 5.96. The van der Waals surface area contributed by atoms with Gasteiger partial charge in [-0.2, -0.15) is 0 Å². The van der Waals surface area contributed by atoms with Crippen molar-refractivity contribution in [1.82, 2.24) is 5.32 Å². The molecule has 1 heterocycles. The van der Waals surface area contributed by atoms with Crippen LogP contribution in [0.5, 0.6) is 5.75 Å². The fraction of sp³-hybridized carbons (Fsp3) is 0.462. The summed E-state index contributed by atoms with van der Waals surface area (Å²) in [6, 6.07) is 4.84. The van der Waals surface area contributed by atoms with Gasteiger partial charge < -0.3 is 15.2 Å². The van der Waals surface area contributed by atoms with Gasteiger partial charge in [-0.25, -0.2) is 0 Å². The number of ether oxygens (including phenoxy) is 1. The van der Waals surface area contributed by atoms with Crippen molar-refractivity contribution in [3.8, 4) is 5.75 Å². The minimum atomic E-state index is -0.251. The lowest BCUT2D eigenvalue weighted by atomic mass is 10.0. The fourth-order valence-electron chi connectivity index (χ4n) is 2.06. The van der Waals surface area contributed by atoms with Crippen LogP contribution in [0.15, 0.2) is 22.7 Å². The number of nitrogens with one attached hydrogen (secondary N) is 1. The summed E-state index contributed by atoms with van der Waals surface area (Å²) in [5.41, 5.74) is 0.296. The predicted octanol–water partition coefficient (Wildman–Crippen LogP) is 2.31. The molecule has 18 heavy (non-hydrogen) atoms. The predicted molar refractivity (Wildman–Crippen MR) is 71.7 cm³/mol. The highest BCUT2D eigenvalue weighted by Crippen LogP contribution is 2.23. The molecule has 0 bridgehead atoms. The molecule has 98 valence electrons. The standard InChI is InChI=1S/C13H16BrNO3/c1-8-9(4-5-18-8)7-15-13(17)11-3-2-10(14)6-12(11)16/h2-3,6,8-9,16H,4-5,7H2,1H3,(H,15,17).